The highest BCUT2D eigenvalue weighted by Gasteiger charge is 2.32. The van der Waals surface area contributed by atoms with Gasteiger partial charge in [0.2, 0.25) is 0 Å². The molecule has 1 fully saturated rings. The van der Waals surface area contributed by atoms with Gasteiger partial charge in [-0.3, -0.25) is 4.90 Å². The van der Waals surface area contributed by atoms with Crippen molar-refractivity contribution in [2.45, 2.75) is 25.3 Å². The third-order valence-corrected chi connectivity index (χ3v) is 5.79. The minimum Gasteiger partial charge on any atom is -0.295 e. The van der Waals surface area contributed by atoms with Crippen LogP contribution in [0, 0.1) is 5.82 Å². The van der Waals surface area contributed by atoms with Crippen LogP contribution in [0.15, 0.2) is 36.9 Å². The molecule has 1 aromatic carbocycles. The third-order valence-electron chi connectivity index (χ3n) is 4.04. The Bertz CT molecular complexity index is 583. The van der Waals surface area contributed by atoms with Crippen molar-refractivity contribution in [3.8, 4) is 0 Å². The lowest BCUT2D eigenvalue weighted by atomic mass is 9.99. The van der Waals surface area contributed by atoms with Crippen molar-refractivity contribution in [2.24, 2.45) is 0 Å². The Labute approximate surface area is 126 Å². The van der Waals surface area contributed by atoms with Gasteiger partial charge in [-0.2, -0.15) is 0 Å². The molecule has 0 radical (unpaired) electrons. The van der Waals surface area contributed by atoms with Gasteiger partial charge in [0.25, 0.3) is 0 Å². The second kappa shape index (κ2) is 6.71. The van der Waals surface area contributed by atoms with Gasteiger partial charge in [-0.1, -0.05) is 25.1 Å². The van der Waals surface area contributed by atoms with Crippen LogP contribution < -0.4 is 0 Å². The van der Waals surface area contributed by atoms with Gasteiger partial charge in [0.05, 0.1) is 11.5 Å². The molecule has 21 heavy (non-hydrogen) atoms. The molecule has 1 aliphatic heterocycles. The molecule has 5 heteroatoms. The van der Waals surface area contributed by atoms with E-state index in [9.17, 15) is 12.8 Å². The normalized spacial score (nSPS) is 22.3. The van der Waals surface area contributed by atoms with Gasteiger partial charge in [-0.05, 0) is 30.0 Å². The summed E-state index contributed by atoms with van der Waals surface area (Å²) < 4.78 is 36.3. The van der Waals surface area contributed by atoms with Gasteiger partial charge >= 0.3 is 0 Å². The zero-order valence-corrected chi connectivity index (χ0v) is 13.2. The number of halogens is 1. The number of sulfone groups is 1. The fourth-order valence-corrected chi connectivity index (χ4v) is 4.61. The summed E-state index contributed by atoms with van der Waals surface area (Å²) in [5.74, 6) is 0.484. The van der Waals surface area contributed by atoms with Gasteiger partial charge in [-0.25, -0.2) is 12.8 Å². The largest absolute Gasteiger partial charge is 0.295 e. The van der Waals surface area contributed by atoms with E-state index in [2.05, 4.69) is 18.4 Å². The lowest BCUT2D eigenvalue weighted by Crippen LogP contribution is -2.38. The molecular weight excluding hydrogens is 289 g/mol. The summed E-state index contributed by atoms with van der Waals surface area (Å²) >= 11 is 0. The van der Waals surface area contributed by atoms with Crippen LogP contribution in [0.4, 0.5) is 4.39 Å². The predicted octanol–water partition coefficient (Wildman–Crippen LogP) is 2.60. The zero-order chi connectivity index (χ0) is 15.5. The second-order valence-corrected chi connectivity index (χ2v) is 7.98. The molecule has 1 aromatic rings. The van der Waals surface area contributed by atoms with Gasteiger partial charge in [0, 0.05) is 19.1 Å². The van der Waals surface area contributed by atoms with E-state index in [4.69, 9.17) is 0 Å². The fourth-order valence-electron chi connectivity index (χ4n) is 2.85. The Morgan fingerprint density at radius 1 is 1.43 bits per heavy atom. The maximum absolute atomic E-state index is 13.0. The van der Waals surface area contributed by atoms with Gasteiger partial charge < -0.3 is 0 Å². The van der Waals surface area contributed by atoms with Crippen LogP contribution in [0.3, 0.4) is 0 Å². The minimum absolute atomic E-state index is 0.0656. The SMILES string of the molecule is C=CCN(C[C@H](C)c1ccc(F)cc1)[C@@H]1CCS(=O)(=O)C1. The van der Waals surface area contributed by atoms with Crippen molar-refractivity contribution in [2.75, 3.05) is 24.6 Å². The third kappa shape index (κ3) is 4.38. The van der Waals surface area contributed by atoms with Gasteiger partial charge in [-0.15, -0.1) is 6.58 Å². The monoisotopic (exact) mass is 311 g/mol. The average Bonchev–Trinajstić information content (AvgIpc) is 2.79. The maximum atomic E-state index is 13.0. The molecule has 1 heterocycles. The molecule has 0 spiro atoms. The molecule has 0 N–H and O–H groups in total. The summed E-state index contributed by atoms with van der Waals surface area (Å²) in [4.78, 5) is 2.17. The highest BCUT2D eigenvalue weighted by molar-refractivity contribution is 7.91. The first-order chi connectivity index (χ1) is 9.91. The summed E-state index contributed by atoms with van der Waals surface area (Å²) in [5, 5.41) is 0. The molecule has 3 nitrogen and oxygen atoms in total. The van der Waals surface area contributed by atoms with Crippen molar-refractivity contribution >= 4 is 9.84 Å². The van der Waals surface area contributed by atoms with Crippen molar-refractivity contribution in [1.29, 1.82) is 0 Å². The molecule has 2 atom stereocenters. The van der Waals surface area contributed by atoms with Gasteiger partial charge in [0.1, 0.15) is 5.82 Å². The quantitative estimate of drug-likeness (QED) is 0.758. The predicted molar refractivity (Wildman–Crippen MR) is 83.6 cm³/mol. The summed E-state index contributed by atoms with van der Waals surface area (Å²) in [5.41, 5.74) is 1.06. The Morgan fingerprint density at radius 3 is 2.62 bits per heavy atom. The van der Waals surface area contributed by atoms with Crippen LogP contribution in [0.25, 0.3) is 0 Å². The van der Waals surface area contributed by atoms with Crippen molar-refractivity contribution in [3.63, 3.8) is 0 Å². The van der Waals surface area contributed by atoms with E-state index in [0.717, 1.165) is 12.1 Å². The first kappa shape index (κ1) is 16.2. The van der Waals surface area contributed by atoms with E-state index in [1.165, 1.54) is 12.1 Å². The number of nitrogens with zero attached hydrogens (tertiary/aromatic N) is 1. The van der Waals surface area contributed by atoms with Crippen LogP contribution in [0.1, 0.15) is 24.8 Å². The zero-order valence-electron chi connectivity index (χ0n) is 12.3. The van der Waals surface area contributed by atoms with Crippen LogP contribution >= 0.6 is 0 Å². The van der Waals surface area contributed by atoms with E-state index in [1.54, 1.807) is 12.1 Å². The van der Waals surface area contributed by atoms with Crippen LogP contribution in [0.2, 0.25) is 0 Å². The lowest BCUT2D eigenvalue weighted by Gasteiger charge is -2.29. The molecule has 0 amide bonds. The molecule has 0 aromatic heterocycles. The summed E-state index contributed by atoms with van der Waals surface area (Å²) in [6.07, 6.45) is 2.49. The maximum Gasteiger partial charge on any atom is 0.151 e. The summed E-state index contributed by atoms with van der Waals surface area (Å²) in [6, 6.07) is 6.57. The Kier molecular flexibility index (Phi) is 5.17. The molecule has 1 saturated heterocycles. The van der Waals surface area contributed by atoms with E-state index in [0.29, 0.717) is 13.0 Å². The van der Waals surface area contributed by atoms with Crippen LogP contribution in [-0.4, -0.2) is 44.0 Å². The van der Waals surface area contributed by atoms with Crippen molar-refractivity contribution in [3.05, 3.63) is 48.3 Å². The first-order valence-electron chi connectivity index (χ1n) is 7.22. The Balaban J connectivity index is 2.05. The van der Waals surface area contributed by atoms with Crippen LogP contribution in [0.5, 0.6) is 0 Å². The van der Waals surface area contributed by atoms with Gasteiger partial charge in [0.15, 0.2) is 9.84 Å². The molecule has 1 aliphatic rings. The topological polar surface area (TPSA) is 37.4 Å². The molecule has 0 saturated carbocycles. The highest BCUT2D eigenvalue weighted by atomic mass is 32.2. The molecule has 116 valence electrons. The van der Waals surface area contributed by atoms with E-state index in [1.807, 2.05) is 6.08 Å². The van der Waals surface area contributed by atoms with E-state index in [-0.39, 0.29) is 29.3 Å². The van der Waals surface area contributed by atoms with Crippen LogP contribution in [-0.2, 0) is 9.84 Å². The standard InChI is InChI=1S/C16H22FNO2S/c1-3-9-18(16-8-10-21(19,20)12-16)11-13(2)14-4-6-15(17)7-5-14/h3-7,13,16H,1,8-12H2,2H3/t13-,16+/m0/s1. The molecule has 0 unspecified atom stereocenters. The number of hydrogen-bond donors (Lipinski definition) is 0. The molecule has 0 bridgehead atoms. The minimum atomic E-state index is -2.89. The van der Waals surface area contributed by atoms with E-state index < -0.39 is 9.84 Å². The lowest BCUT2D eigenvalue weighted by molar-refractivity contribution is 0.224. The number of benzene rings is 1. The first-order valence-corrected chi connectivity index (χ1v) is 9.04. The Hall–Kier alpha value is -1.20. The summed E-state index contributed by atoms with van der Waals surface area (Å²) in [6.45, 7) is 7.26. The van der Waals surface area contributed by atoms with Crippen molar-refractivity contribution < 1.29 is 12.8 Å². The fraction of sp³-hybridized carbons (Fsp3) is 0.500. The second-order valence-electron chi connectivity index (χ2n) is 5.75. The average molecular weight is 311 g/mol. The molecular formula is C16H22FNO2S. The number of hydrogen-bond acceptors (Lipinski definition) is 3. The number of rotatable bonds is 6. The van der Waals surface area contributed by atoms with Crippen molar-refractivity contribution in [1.82, 2.24) is 4.90 Å². The smallest absolute Gasteiger partial charge is 0.151 e. The van der Waals surface area contributed by atoms with E-state index >= 15 is 0 Å². The molecule has 2 rings (SSSR count). The summed E-state index contributed by atoms with van der Waals surface area (Å²) in [7, 11) is -2.89. The molecule has 0 aliphatic carbocycles. The Morgan fingerprint density at radius 2 is 2.10 bits per heavy atom. The highest BCUT2D eigenvalue weighted by Crippen LogP contribution is 2.23.